The first-order chi connectivity index (χ1) is 10.8. The predicted octanol–water partition coefficient (Wildman–Crippen LogP) is 3.65. The molecule has 0 radical (unpaired) electrons. The molecule has 0 bridgehead atoms. The number of nitrogens with one attached hydrogen (secondary N) is 2. The summed E-state index contributed by atoms with van der Waals surface area (Å²) in [5.74, 6) is 1.47. The molecule has 0 aliphatic carbocycles. The fourth-order valence-electron chi connectivity index (χ4n) is 2.00. The molecule has 0 saturated carbocycles. The van der Waals surface area contributed by atoms with Gasteiger partial charge in [0.25, 0.3) is 0 Å². The number of anilines is 1. The third kappa shape index (κ3) is 3.77. The number of aromatic amines is 1. The van der Waals surface area contributed by atoms with Crippen molar-refractivity contribution in [2.45, 2.75) is 13.2 Å². The van der Waals surface area contributed by atoms with Gasteiger partial charge in [-0.25, -0.2) is 10.1 Å². The lowest BCUT2D eigenvalue weighted by Gasteiger charge is -2.12. The summed E-state index contributed by atoms with van der Waals surface area (Å²) >= 11 is 5.88. The summed E-state index contributed by atoms with van der Waals surface area (Å²) in [5, 5.41) is 10.4. The van der Waals surface area contributed by atoms with Crippen LogP contribution in [0.5, 0.6) is 5.75 Å². The van der Waals surface area contributed by atoms with Crippen molar-refractivity contribution in [3.05, 3.63) is 71.0 Å². The normalized spacial score (nSPS) is 10.4. The van der Waals surface area contributed by atoms with E-state index in [2.05, 4.69) is 20.5 Å². The summed E-state index contributed by atoms with van der Waals surface area (Å²) in [6.07, 6.45) is 1.46. The molecule has 1 heterocycles. The highest BCUT2D eigenvalue weighted by Gasteiger charge is 2.04. The molecule has 0 aliphatic heterocycles. The van der Waals surface area contributed by atoms with Gasteiger partial charge in [0, 0.05) is 17.1 Å². The molecule has 0 spiro atoms. The average Bonchev–Trinajstić information content (AvgIpc) is 3.07. The van der Waals surface area contributed by atoms with Crippen LogP contribution in [0.15, 0.2) is 54.9 Å². The molecule has 2 N–H and O–H groups in total. The van der Waals surface area contributed by atoms with Crippen LogP contribution < -0.4 is 10.1 Å². The highest BCUT2D eigenvalue weighted by atomic mass is 35.5. The standard InChI is InChI=1S/C16H15ClN4O/c17-14-7-5-12(6-8-14)10-22-15-4-2-1-3-13(15)9-18-16-19-11-20-21-16/h1-8,11H,9-10H2,(H2,18,19,20,21). The van der Waals surface area contributed by atoms with E-state index in [9.17, 15) is 0 Å². The second-order valence-corrected chi connectivity index (χ2v) is 5.15. The Bertz CT molecular complexity index is 713. The monoisotopic (exact) mass is 314 g/mol. The summed E-state index contributed by atoms with van der Waals surface area (Å²) in [6.45, 7) is 1.10. The van der Waals surface area contributed by atoms with Crippen molar-refractivity contribution in [3.8, 4) is 5.75 Å². The van der Waals surface area contributed by atoms with Crippen LogP contribution in [0.4, 0.5) is 5.95 Å². The third-order valence-electron chi connectivity index (χ3n) is 3.14. The first-order valence-electron chi connectivity index (χ1n) is 6.85. The largest absolute Gasteiger partial charge is 0.489 e. The lowest BCUT2D eigenvalue weighted by molar-refractivity contribution is 0.303. The zero-order valence-electron chi connectivity index (χ0n) is 11.8. The minimum Gasteiger partial charge on any atom is -0.489 e. The van der Waals surface area contributed by atoms with Gasteiger partial charge in [-0.1, -0.05) is 41.9 Å². The van der Waals surface area contributed by atoms with Crippen molar-refractivity contribution in [1.82, 2.24) is 15.2 Å². The fourth-order valence-corrected chi connectivity index (χ4v) is 2.13. The molecular weight excluding hydrogens is 300 g/mol. The molecule has 0 unspecified atom stereocenters. The Morgan fingerprint density at radius 1 is 1.09 bits per heavy atom. The minimum absolute atomic E-state index is 0.497. The molecule has 22 heavy (non-hydrogen) atoms. The molecular formula is C16H15ClN4O. The van der Waals surface area contributed by atoms with E-state index in [1.54, 1.807) is 0 Å². The van der Waals surface area contributed by atoms with E-state index >= 15 is 0 Å². The van der Waals surface area contributed by atoms with Crippen molar-refractivity contribution < 1.29 is 4.74 Å². The molecule has 6 heteroatoms. The number of para-hydroxylation sites is 1. The van der Waals surface area contributed by atoms with Crippen LogP contribution in [0, 0.1) is 0 Å². The Morgan fingerprint density at radius 3 is 2.68 bits per heavy atom. The summed E-state index contributed by atoms with van der Waals surface area (Å²) in [6, 6.07) is 15.5. The Kier molecular flexibility index (Phi) is 4.56. The molecule has 3 rings (SSSR count). The Hall–Kier alpha value is -2.53. The number of benzene rings is 2. The van der Waals surface area contributed by atoms with Gasteiger partial charge in [0.05, 0.1) is 0 Å². The van der Waals surface area contributed by atoms with E-state index in [0.717, 1.165) is 21.9 Å². The summed E-state index contributed by atoms with van der Waals surface area (Å²) in [7, 11) is 0. The van der Waals surface area contributed by atoms with E-state index in [4.69, 9.17) is 16.3 Å². The maximum absolute atomic E-state index is 5.90. The average molecular weight is 315 g/mol. The molecule has 0 fully saturated rings. The first-order valence-corrected chi connectivity index (χ1v) is 7.23. The maximum atomic E-state index is 5.90. The van der Waals surface area contributed by atoms with Gasteiger partial charge in [-0.3, -0.25) is 0 Å². The van der Waals surface area contributed by atoms with Crippen LogP contribution in [-0.2, 0) is 13.2 Å². The van der Waals surface area contributed by atoms with Crippen LogP contribution >= 0.6 is 11.6 Å². The molecule has 2 aromatic carbocycles. The summed E-state index contributed by atoms with van der Waals surface area (Å²) in [5.41, 5.74) is 2.12. The number of hydrogen-bond acceptors (Lipinski definition) is 4. The molecule has 5 nitrogen and oxygen atoms in total. The zero-order valence-corrected chi connectivity index (χ0v) is 12.5. The lowest BCUT2D eigenvalue weighted by Crippen LogP contribution is -2.04. The minimum atomic E-state index is 0.497. The Balaban J connectivity index is 1.64. The molecule has 0 saturated heterocycles. The van der Waals surface area contributed by atoms with Crippen LogP contribution in [0.25, 0.3) is 0 Å². The van der Waals surface area contributed by atoms with E-state index in [1.165, 1.54) is 6.33 Å². The Morgan fingerprint density at radius 2 is 1.91 bits per heavy atom. The lowest BCUT2D eigenvalue weighted by atomic mass is 10.2. The zero-order chi connectivity index (χ0) is 15.2. The highest BCUT2D eigenvalue weighted by Crippen LogP contribution is 2.20. The van der Waals surface area contributed by atoms with Gasteiger partial charge in [0.1, 0.15) is 18.7 Å². The van der Waals surface area contributed by atoms with Gasteiger partial charge in [-0.05, 0) is 23.8 Å². The molecule has 0 atom stereocenters. The number of aromatic nitrogens is 3. The number of rotatable bonds is 6. The highest BCUT2D eigenvalue weighted by molar-refractivity contribution is 6.30. The van der Waals surface area contributed by atoms with Crippen molar-refractivity contribution in [3.63, 3.8) is 0 Å². The second-order valence-electron chi connectivity index (χ2n) is 4.71. The van der Waals surface area contributed by atoms with Gasteiger partial charge < -0.3 is 10.1 Å². The van der Waals surface area contributed by atoms with E-state index in [-0.39, 0.29) is 0 Å². The number of hydrogen-bond donors (Lipinski definition) is 2. The van der Waals surface area contributed by atoms with Crippen LogP contribution in [0.1, 0.15) is 11.1 Å². The number of halogens is 1. The number of H-pyrrole nitrogens is 1. The predicted molar refractivity (Wildman–Crippen MR) is 85.9 cm³/mol. The SMILES string of the molecule is Clc1ccc(COc2ccccc2CNc2ncn[nH]2)cc1. The smallest absolute Gasteiger partial charge is 0.218 e. The number of nitrogens with zero attached hydrogens (tertiary/aromatic N) is 2. The summed E-state index contributed by atoms with van der Waals surface area (Å²) < 4.78 is 5.90. The van der Waals surface area contributed by atoms with Crippen LogP contribution in [-0.4, -0.2) is 15.2 Å². The third-order valence-corrected chi connectivity index (χ3v) is 3.39. The van der Waals surface area contributed by atoms with Gasteiger partial charge in [0.2, 0.25) is 5.95 Å². The fraction of sp³-hybridized carbons (Fsp3) is 0.125. The molecule has 1 aromatic heterocycles. The van der Waals surface area contributed by atoms with Crippen molar-refractivity contribution in [2.75, 3.05) is 5.32 Å². The van der Waals surface area contributed by atoms with E-state index in [1.807, 2.05) is 48.5 Å². The molecule has 3 aromatic rings. The molecule has 112 valence electrons. The quantitative estimate of drug-likeness (QED) is 0.729. The van der Waals surface area contributed by atoms with E-state index in [0.29, 0.717) is 19.1 Å². The van der Waals surface area contributed by atoms with Gasteiger partial charge in [0.15, 0.2) is 0 Å². The van der Waals surface area contributed by atoms with Gasteiger partial charge >= 0.3 is 0 Å². The van der Waals surface area contributed by atoms with Crippen molar-refractivity contribution in [1.29, 1.82) is 0 Å². The molecule has 0 amide bonds. The summed E-state index contributed by atoms with van der Waals surface area (Å²) in [4.78, 5) is 4.03. The van der Waals surface area contributed by atoms with Crippen molar-refractivity contribution >= 4 is 17.5 Å². The Labute approximate surface area is 133 Å². The van der Waals surface area contributed by atoms with Gasteiger partial charge in [-0.2, -0.15) is 5.10 Å². The van der Waals surface area contributed by atoms with Crippen molar-refractivity contribution in [2.24, 2.45) is 0 Å². The first kappa shape index (κ1) is 14.4. The number of ether oxygens (including phenoxy) is 1. The second kappa shape index (κ2) is 6.95. The van der Waals surface area contributed by atoms with Crippen LogP contribution in [0.3, 0.4) is 0 Å². The van der Waals surface area contributed by atoms with Crippen LogP contribution in [0.2, 0.25) is 5.02 Å². The van der Waals surface area contributed by atoms with Gasteiger partial charge in [-0.15, -0.1) is 0 Å². The topological polar surface area (TPSA) is 62.8 Å². The van der Waals surface area contributed by atoms with E-state index < -0.39 is 0 Å². The molecule has 0 aliphatic rings. The maximum Gasteiger partial charge on any atom is 0.218 e.